The van der Waals surface area contributed by atoms with Gasteiger partial charge in [0, 0.05) is 26.4 Å². The standard InChI is InChI=1S/C49H96N4O6/c1-5-8-11-14-17-18-27-34-44-58-48(54)38-30-23-19-25-32-41-52(43-35-40-51-47(50-4)45-53(56)57)42-33-26-20-24-31-39-49(55)59-46(36-28-21-15-12-9-6-2)37-29-22-16-13-10-7-3/h45-46,50-51H,5-44H2,1-4H3/b47-45+. The van der Waals surface area contributed by atoms with Crippen molar-refractivity contribution < 1.29 is 24.0 Å². The van der Waals surface area contributed by atoms with Gasteiger partial charge in [0.25, 0.3) is 6.20 Å². The molecule has 10 nitrogen and oxygen atoms in total. The van der Waals surface area contributed by atoms with Crippen LogP contribution in [0, 0.1) is 10.1 Å². The molecular formula is C49H96N4O6. The molecule has 0 aliphatic rings. The first kappa shape index (κ1) is 56.6. The number of nitro groups is 1. The van der Waals surface area contributed by atoms with Gasteiger partial charge in [0.2, 0.25) is 0 Å². The van der Waals surface area contributed by atoms with E-state index < -0.39 is 4.92 Å². The Balaban J connectivity index is 4.47. The SMILES string of the molecule is CCCCCCCCCCOC(=O)CCCCCCCN(CCCCCCCC(=O)OC(CCCCCCCC)CCCCCCCC)CCCN/C(=C/[N+](=O)[O-])NC. The highest BCUT2D eigenvalue weighted by Gasteiger charge is 2.14. The van der Waals surface area contributed by atoms with Crippen LogP contribution in [0.25, 0.3) is 0 Å². The molecular weight excluding hydrogens is 741 g/mol. The number of nitrogens with zero attached hydrogens (tertiary/aromatic N) is 2. The van der Waals surface area contributed by atoms with Gasteiger partial charge in [0.05, 0.1) is 11.5 Å². The predicted octanol–water partition coefficient (Wildman–Crippen LogP) is 13.3. The second-order valence-electron chi connectivity index (χ2n) is 17.2. The van der Waals surface area contributed by atoms with Crippen molar-refractivity contribution in [1.82, 2.24) is 15.5 Å². The zero-order valence-electron chi connectivity index (χ0n) is 39.3. The number of ether oxygens (including phenoxy) is 2. The van der Waals surface area contributed by atoms with Crippen molar-refractivity contribution in [3.05, 3.63) is 22.1 Å². The van der Waals surface area contributed by atoms with E-state index in [0.29, 0.717) is 31.8 Å². The van der Waals surface area contributed by atoms with Gasteiger partial charge < -0.3 is 25.0 Å². The van der Waals surface area contributed by atoms with Crippen molar-refractivity contribution in [2.75, 3.05) is 39.8 Å². The highest BCUT2D eigenvalue weighted by molar-refractivity contribution is 5.69. The number of hydrogen-bond donors (Lipinski definition) is 2. The number of rotatable bonds is 47. The zero-order valence-corrected chi connectivity index (χ0v) is 39.3. The summed E-state index contributed by atoms with van der Waals surface area (Å²) in [7, 11) is 1.68. The van der Waals surface area contributed by atoms with E-state index in [1.54, 1.807) is 7.05 Å². The Hall–Kier alpha value is -2.36. The van der Waals surface area contributed by atoms with E-state index in [0.717, 1.165) is 135 Å². The molecule has 0 saturated heterocycles. The molecule has 0 bridgehead atoms. The van der Waals surface area contributed by atoms with E-state index in [9.17, 15) is 19.7 Å². The maximum Gasteiger partial charge on any atom is 0.306 e. The molecule has 0 atom stereocenters. The normalized spacial score (nSPS) is 11.7. The Morgan fingerprint density at radius 2 is 0.966 bits per heavy atom. The Morgan fingerprint density at radius 1 is 0.559 bits per heavy atom. The number of nitrogens with one attached hydrogen (secondary N) is 2. The van der Waals surface area contributed by atoms with Gasteiger partial charge >= 0.3 is 11.9 Å². The summed E-state index contributed by atoms with van der Waals surface area (Å²) in [4.78, 5) is 38.0. The van der Waals surface area contributed by atoms with Gasteiger partial charge in [-0.2, -0.15) is 0 Å². The largest absolute Gasteiger partial charge is 0.466 e. The lowest BCUT2D eigenvalue weighted by Gasteiger charge is -2.22. The Morgan fingerprint density at radius 3 is 1.44 bits per heavy atom. The molecule has 0 aromatic carbocycles. The van der Waals surface area contributed by atoms with Crippen LogP contribution >= 0.6 is 0 Å². The maximum absolute atomic E-state index is 12.8. The predicted molar refractivity (Wildman–Crippen MR) is 248 cm³/mol. The fourth-order valence-corrected chi connectivity index (χ4v) is 7.74. The van der Waals surface area contributed by atoms with Crippen LogP contribution in [-0.4, -0.2) is 67.7 Å². The Labute approximate surface area is 364 Å². The van der Waals surface area contributed by atoms with Crippen molar-refractivity contribution in [1.29, 1.82) is 0 Å². The first-order chi connectivity index (χ1) is 28.9. The molecule has 0 aromatic rings. The number of carbonyl (C=O) groups is 2. The lowest BCUT2D eigenvalue weighted by molar-refractivity contribution is -0.404. The van der Waals surface area contributed by atoms with Crippen LogP contribution in [-0.2, 0) is 19.1 Å². The third-order valence-electron chi connectivity index (χ3n) is 11.5. The molecule has 0 fully saturated rings. The molecule has 0 unspecified atom stereocenters. The van der Waals surface area contributed by atoms with Gasteiger partial charge in [0.15, 0.2) is 5.82 Å². The summed E-state index contributed by atoms with van der Waals surface area (Å²) in [6, 6.07) is 0. The number of unbranched alkanes of at least 4 members (excludes halogenated alkanes) is 25. The third-order valence-corrected chi connectivity index (χ3v) is 11.5. The van der Waals surface area contributed by atoms with Gasteiger partial charge in [-0.15, -0.1) is 0 Å². The molecule has 59 heavy (non-hydrogen) atoms. The fourth-order valence-electron chi connectivity index (χ4n) is 7.74. The molecule has 2 N–H and O–H groups in total. The van der Waals surface area contributed by atoms with Crippen molar-refractivity contribution in [3.63, 3.8) is 0 Å². The molecule has 0 amide bonds. The zero-order chi connectivity index (χ0) is 43.3. The quantitative estimate of drug-likeness (QED) is 0.0267. The van der Waals surface area contributed by atoms with E-state index in [2.05, 4.69) is 36.3 Å². The summed E-state index contributed by atoms with van der Waals surface area (Å²) < 4.78 is 11.5. The molecule has 0 radical (unpaired) electrons. The van der Waals surface area contributed by atoms with Crippen LogP contribution < -0.4 is 10.6 Å². The van der Waals surface area contributed by atoms with Crippen LogP contribution in [0.15, 0.2) is 12.0 Å². The Kier molecular flexibility index (Phi) is 43.4. The minimum absolute atomic E-state index is 0.00439. The van der Waals surface area contributed by atoms with E-state index in [4.69, 9.17) is 9.47 Å². The summed E-state index contributed by atoms with van der Waals surface area (Å²) in [5, 5.41) is 16.9. The first-order valence-electron chi connectivity index (χ1n) is 25.2. The molecule has 0 aromatic heterocycles. The van der Waals surface area contributed by atoms with Gasteiger partial charge in [-0.05, 0) is 83.8 Å². The van der Waals surface area contributed by atoms with E-state index in [1.807, 2.05) is 0 Å². The second-order valence-corrected chi connectivity index (χ2v) is 17.2. The lowest BCUT2D eigenvalue weighted by atomic mass is 10.0. The summed E-state index contributed by atoms with van der Waals surface area (Å²) in [6.07, 6.45) is 40.9. The number of carbonyl (C=O) groups excluding carboxylic acids is 2. The average Bonchev–Trinajstić information content (AvgIpc) is 3.22. The molecule has 0 aliphatic carbocycles. The van der Waals surface area contributed by atoms with Crippen LogP contribution in [0.1, 0.15) is 245 Å². The molecule has 0 heterocycles. The lowest BCUT2D eigenvalue weighted by Crippen LogP contribution is -2.31. The van der Waals surface area contributed by atoms with Crippen LogP contribution in [0.2, 0.25) is 0 Å². The van der Waals surface area contributed by atoms with Gasteiger partial charge in [-0.1, -0.05) is 168 Å². The molecule has 0 saturated carbocycles. The van der Waals surface area contributed by atoms with Gasteiger partial charge in [-0.25, -0.2) is 0 Å². The van der Waals surface area contributed by atoms with Crippen LogP contribution in [0.3, 0.4) is 0 Å². The summed E-state index contributed by atoms with van der Waals surface area (Å²) in [5.41, 5.74) is 0. The van der Waals surface area contributed by atoms with E-state index in [1.165, 1.54) is 103 Å². The van der Waals surface area contributed by atoms with Gasteiger partial charge in [0.1, 0.15) is 6.10 Å². The van der Waals surface area contributed by atoms with Crippen molar-refractivity contribution in [2.45, 2.75) is 252 Å². The smallest absolute Gasteiger partial charge is 0.306 e. The minimum Gasteiger partial charge on any atom is -0.466 e. The fraction of sp³-hybridized carbons (Fsp3) is 0.918. The second kappa shape index (κ2) is 45.2. The monoisotopic (exact) mass is 837 g/mol. The van der Waals surface area contributed by atoms with Crippen molar-refractivity contribution in [2.24, 2.45) is 0 Å². The molecule has 0 spiro atoms. The van der Waals surface area contributed by atoms with Gasteiger partial charge in [-0.3, -0.25) is 19.7 Å². The summed E-state index contributed by atoms with van der Waals surface area (Å²) in [5.74, 6) is 0.372. The van der Waals surface area contributed by atoms with E-state index >= 15 is 0 Å². The molecule has 0 rings (SSSR count). The van der Waals surface area contributed by atoms with Crippen LogP contribution in [0.5, 0.6) is 0 Å². The first-order valence-corrected chi connectivity index (χ1v) is 25.2. The minimum atomic E-state index is -0.444. The van der Waals surface area contributed by atoms with E-state index in [-0.39, 0.29) is 18.0 Å². The molecule has 0 aliphatic heterocycles. The summed E-state index contributed by atoms with van der Waals surface area (Å²) in [6.45, 7) is 11.0. The molecule has 348 valence electrons. The summed E-state index contributed by atoms with van der Waals surface area (Å²) >= 11 is 0. The van der Waals surface area contributed by atoms with Crippen molar-refractivity contribution >= 4 is 11.9 Å². The maximum atomic E-state index is 12.8. The number of esters is 2. The average molecular weight is 837 g/mol. The highest BCUT2D eigenvalue weighted by Crippen LogP contribution is 2.19. The number of hydrogen-bond acceptors (Lipinski definition) is 9. The third kappa shape index (κ3) is 42.1. The highest BCUT2D eigenvalue weighted by atomic mass is 16.6. The topological polar surface area (TPSA) is 123 Å². The molecule has 10 heteroatoms. The van der Waals surface area contributed by atoms with Crippen LogP contribution in [0.4, 0.5) is 0 Å². The van der Waals surface area contributed by atoms with Crippen molar-refractivity contribution in [3.8, 4) is 0 Å². The Bertz CT molecular complexity index is 964.